The maximum atomic E-state index is 11.7. The number of carbonyl (C=O) groups is 2. The fourth-order valence-electron chi connectivity index (χ4n) is 0.692. The predicted octanol–water partition coefficient (Wildman–Crippen LogP) is 0.217. The van der Waals surface area contributed by atoms with Crippen molar-refractivity contribution in [1.29, 1.82) is 0 Å². The molecule has 0 radical (unpaired) electrons. The van der Waals surface area contributed by atoms with Crippen LogP contribution >= 0.6 is 0 Å². The number of alkyl halides is 3. The van der Waals surface area contributed by atoms with Gasteiger partial charge in [-0.2, -0.15) is 13.2 Å². The Morgan fingerprint density at radius 1 is 1.50 bits per heavy atom. The number of ether oxygens (including phenoxy) is 1. The molecule has 10 heteroatoms. The van der Waals surface area contributed by atoms with Gasteiger partial charge in [-0.3, -0.25) is 14.6 Å². The highest BCUT2D eigenvalue weighted by Crippen LogP contribution is 2.16. The monoisotopic (exact) mass is 267 g/mol. The van der Waals surface area contributed by atoms with Gasteiger partial charge in [-0.1, -0.05) is 0 Å². The van der Waals surface area contributed by atoms with Crippen LogP contribution in [0.25, 0.3) is 0 Å². The molecule has 1 aromatic heterocycles. The van der Waals surface area contributed by atoms with Crippen molar-refractivity contribution < 1.29 is 32.6 Å². The predicted molar refractivity (Wildman–Crippen MR) is 50.8 cm³/mol. The van der Waals surface area contributed by atoms with Crippen LogP contribution in [0.3, 0.4) is 0 Å². The quantitative estimate of drug-likeness (QED) is 0.757. The molecule has 0 aliphatic heterocycles. The third-order valence-electron chi connectivity index (χ3n) is 1.25. The maximum Gasteiger partial charge on any atom is 0.422 e. The Hall–Kier alpha value is -2.39. The molecule has 0 spiro atoms. The first-order chi connectivity index (χ1) is 8.30. The lowest BCUT2D eigenvalue weighted by Crippen LogP contribution is -2.20. The molecule has 18 heavy (non-hydrogen) atoms. The number of halogens is 3. The van der Waals surface area contributed by atoms with Gasteiger partial charge in [-0.25, -0.2) is 4.98 Å². The van der Waals surface area contributed by atoms with E-state index in [-0.39, 0.29) is 12.2 Å². The minimum atomic E-state index is -4.47. The minimum Gasteiger partial charge on any atom is -0.483 e. The van der Waals surface area contributed by atoms with Crippen LogP contribution in [0.4, 0.5) is 13.2 Å². The molecule has 0 unspecified atom stereocenters. The Kier molecular flexibility index (Phi) is 6.10. The van der Waals surface area contributed by atoms with Crippen LogP contribution in [0.1, 0.15) is 10.5 Å². The minimum absolute atomic E-state index is 0.250. The smallest absolute Gasteiger partial charge is 0.422 e. The van der Waals surface area contributed by atoms with E-state index in [9.17, 15) is 18.0 Å². The Balaban J connectivity index is 0.000000873. The lowest BCUT2D eigenvalue weighted by atomic mass is 10.4. The van der Waals surface area contributed by atoms with Gasteiger partial charge in [0.05, 0.1) is 12.4 Å². The second-order valence-electron chi connectivity index (χ2n) is 2.62. The Bertz CT molecular complexity index is 411. The number of aromatic nitrogens is 2. The largest absolute Gasteiger partial charge is 0.483 e. The summed E-state index contributed by atoms with van der Waals surface area (Å²) in [5, 5.41) is 6.89. The summed E-state index contributed by atoms with van der Waals surface area (Å²) < 4.78 is 39.5. The molecule has 1 aromatic rings. The van der Waals surface area contributed by atoms with Crippen LogP contribution in [-0.2, 0) is 4.79 Å². The molecule has 0 aliphatic carbocycles. The summed E-state index contributed by atoms with van der Waals surface area (Å²) in [5.41, 5.74) is 4.59. The number of primary amides is 1. The first-order valence-electron chi connectivity index (χ1n) is 4.19. The molecule has 1 heterocycles. The van der Waals surface area contributed by atoms with E-state index in [1.54, 1.807) is 0 Å². The Morgan fingerprint density at radius 2 is 2.06 bits per heavy atom. The van der Waals surface area contributed by atoms with Gasteiger partial charge in [0.15, 0.2) is 6.61 Å². The summed E-state index contributed by atoms with van der Waals surface area (Å²) in [6.45, 7) is -1.75. The third kappa shape index (κ3) is 6.98. The summed E-state index contributed by atoms with van der Waals surface area (Å²) in [6.07, 6.45) is -2.48. The van der Waals surface area contributed by atoms with Gasteiger partial charge in [0.1, 0.15) is 5.69 Å². The van der Waals surface area contributed by atoms with Gasteiger partial charge in [0, 0.05) is 0 Å². The molecule has 100 valence electrons. The first-order valence-corrected chi connectivity index (χ1v) is 4.19. The molecule has 1 rings (SSSR count). The lowest BCUT2D eigenvalue weighted by molar-refractivity contribution is -0.154. The van der Waals surface area contributed by atoms with E-state index in [0.717, 1.165) is 12.4 Å². The fraction of sp³-hybridized carbons (Fsp3) is 0.250. The van der Waals surface area contributed by atoms with Crippen LogP contribution in [-0.4, -0.2) is 40.2 Å². The van der Waals surface area contributed by atoms with Crippen molar-refractivity contribution in [3.8, 4) is 5.88 Å². The standard InChI is InChI=1S/C7H6F3N3O2.CH2O2/c8-7(9,10)3-15-5-2-12-1-4(13-5)6(11)14;2-1-3/h1-2H,3H2,(H2,11,14);1H,(H,2,3). The molecule has 0 aliphatic rings. The summed E-state index contributed by atoms with van der Waals surface area (Å²) in [4.78, 5) is 25.8. The van der Waals surface area contributed by atoms with Crippen molar-refractivity contribution in [2.75, 3.05) is 6.61 Å². The average molecular weight is 267 g/mol. The topological polar surface area (TPSA) is 115 Å². The van der Waals surface area contributed by atoms with Gasteiger partial charge in [0.2, 0.25) is 5.88 Å². The molecule has 0 fully saturated rings. The van der Waals surface area contributed by atoms with Gasteiger partial charge < -0.3 is 15.6 Å². The molecule has 0 bridgehead atoms. The zero-order valence-corrected chi connectivity index (χ0v) is 8.72. The van der Waals surface area contributed by atoms with Crippen molar-refractivity contribution in [1.82, 2.24) is 9.97 Å². The number of hydrogen-bond acceptors (Lipinski definition) is 5. The summed E-state index contributed by atoms with van der Waals surface area (Å²) in [6, 6.07) is 0. The van der Waals surface area contributed by atoms with Crippen LogP contribution in [0.15, 0.2) is 12.4 Å². The van der Waals surface area contributed by atoms with Crippen LogP contribution < -0.4 is 10.5 Å². The number of nitrogens with zero attached hydrogens (tertiary/aromatic N) is 2. The number of carboxylic acid groups (broad SMARTS) is 1. The molecular weight excluding hydrogens is 259 g/mol. The molecule has 7 nitrogen and oxygen atoms in total. The Morgan fingerprint density at radius 3 is 2.50 bits per heavy atom. The molecule has 0 atom stereocenters. The average Bonchev–Trinajstić information content (AvgIpc) is 2.27. The molecule has 0 saturated heterocycles. The van der Waals surface area contributed by atoms with E-state index in [1.807, 2.05) is 0 Å². The van der Waals surface area contributed by atoms with Crippen molar-refractivity contribution >= 4 is 12.4 Å². The number of hydrogen-bond donors (Lipinski definition) is 2. The van der Waals surface area contributed by atoms with E-state index < -0.39 is 24.6 Å². The van der Waals surface area contributed by atoms with Crippen molar-refractivity contribution in [2.45, 2.75) is 6.18 Å². The van der Waals surface area contributed by atoms with Crippen molar-refractivity contribution in [2.24, 2.45) is 5.73 Å². The van der Waals surface area contributed by atoms with E-state index >= 15 is 0 Å². The van der Waals surface area contributed by atoms with E-state index in [2.05, 4.69) is 14.7 Å². The number of carbonyl (C=O) groups excluding carboxylic acids is 1. The van der Waals surface area contributed by atoms with Crippen LogP contribution in [0, 0.1) is 0 Å². The first kappa shape index (κ1) is 15.6. The van der Waals surface area contributed by atoms with Gasteiger partial charge >= 0.3 is 6.18 Å². The van der Waals surface area contributed by atoms with Gasteiger partial charge in [-0.05, 0) is 0 Å². The van der Waals surface area contributed by atoms with Crippen LogP contribution in [0.2, 0.25) is 0 Å². The molecule has 3 N–H and O–H groups in total. The highest BCUT2D eigenvalue weighted by atomic mass is 19.4. The zero-order chi connectivity index (χ0) is 14.2. The SMILES string of the molecule is NC(=O)c1cncc(OCC(F)(F)F)n1.O=CO. The Labute approximate surface area is 98.4 Å². The maximum absolute atomic E-state index is 11.7. The summed E-state index contributed by atoms with van der Waals surface area (Å²) >= 11 is 0. The molecular formula is C8H8F3N3O4. The van der Waals surface area contributed by atoms with Crippen molar-refractivity contribution in [3.63, 3.8) is 0 Å². The number of rotatable bonds is 3. The fourth-order valence-corrected chi connectivity index (χ4v) is 0.692. The second-order valence-corrected chi connectivity index (χ2v) is 2.62. The third-order valence-corrected chi connectivity index (χ3v) is 1.25. The van der Waals surface area contributed by atoms with Crippen LogP contribution in [0.5, 0.6) is 5.88 Å². The molecule has 0 aromatic carbocycles. The zero-order valence-electron chi connectivity index (χ0n) is 8.72. The highest BCUT2D eigenvalue weighted by Gasteiger charge is 2.28. The lowest BCUT2D eigenvalue weighted by Gasteiger charge is -2.07. The summed E-state index contributed by atoms with van der Waals surface area (Å²) in [5.74, 6) is -1.29. The van der Waals surface area contributed by atoms with E-state index in [4.69, 9.17) is 15.6 Å². The van der Waals surface area contributed by atoms with Gasteiger partial charge in [0.25, 0.3) is 12.4 Å². The highest BCUT2D eigenvalue weighted by molar-refractivity contribution is 5.90. The number of nitrogens with two attached hydrogens (primary N) is 1. The van der Waals surface area contributed by atoms with E-state index in [0.29, 0.717) is 0 Å². The van der Waals surface area contributed by atoms with Gasteiger partial charge in [-0.15, -0.1) is 0 Å². The number of amides is 1. The second kappa shape index (κ2) is 7.04. The normalized spacial score (nSPS) is 9.94. The summed E-state index contributed by atoms with van der Waals surface area (Å²) in [7, 11) is 0. The molecule has 0 saturated carbocycles. The van der Waals surface area contributed by atoms with E-state index in [1.165, 1.54) is 0 Å². The van der Waals surface area contributed by atoms with Crippen molar-refractivity contribution in [3.05, 3.63) is 18.1 Å². The molecule has 1 amide bonds.